The van der Waals surface area contributed by atoms with Gasteiger partial charge in [0.25, 0.3) is 0 Å². The molecule has 0 bridgehead atoms. The fourth-order valence-electron chi connectivity index (χ4n) is 2.95. The molecule has 2 aromatic carbocycles. The van der Waals surface area contributed by atoms with Crippen molar-refractivity contribution in [1.82, 2.24) is 0 Å². The van der Waals surface area contributed by atoms with E-state index in [1.54, 1.807) is 12.1 Å². The number of hydrogen-bond acceptors (Lipinski definition) is 6. The van der Waals surface area contributed by atoms with Crippen LogP contribution in [-0.2, 0) is 20.9 Å². The van der Waals surface area contributed by atoms with E-state index in [2.05, 4.69) is 0 Å². The number of esters is 2. The summed E-state index contributed by atoms with van der Waals surface area (Å²) in [6.07, 6.45) is 0. The molecule has 0 saturated heterocycles. The first-order valence-corrected chi connectivity index (χ1v) is 8.35. The van der Waals surface area contributed by atoms with Crippen molar-refractivity contribution in [2.24, 2.45) is 0 Å². The van der Waals surface area contributed by atoms with E-state index in [0.29, 0.717) is 16.5 Å². The first-order chi connectivity index (χ1) is 12.9. The van der Waals surface area contributed by atoms with Gasteiger partial charge in [-0.2, -0.15) is 0 Å². The Labute approximate surface area is 155 Å². The highest BCUT2D eigenvalue weighted by Crippen LogP contribution is 2.33. The maximum absolute atomic E-state index is 12.7. The van der Waals surface area contributed by atoms with Gasteiger partial charge < -0.3 is 13.9 Å². The zero-order chi connectivity index (χ0) is 19.6. The molecule has 1 aromatic heterocycles. The first-order valence-electron chi connectivity index (χ1n) is 8.35. The van der Waals surface area contributed by atoms with Gasteiger partial charge in [0.1, 0.15) is 17.9 Å². The SMILES string of the molecule is CC(=O)OCc1c(OC(C)=O)ccc2c(C)c(-c3ccccc3)c(=O)oc12. The molecule has 0 atom stereocenters. The minimum atomic E-state index is -0.529. The number of benzene rings is 2. The molecule has 0 unspecified atom stereocenters. The Hall–Kier alpha value is -3.41. The van der Waals surface area contributed by atoms with Crippen molar-refractivity contribution in [3.05, 3.63) is 64.0 Å². The molecule has 0 spiro atoms. The van der Waals surface area contributed by atoms with Crippen LogP contribution in [0.3, 0.4) is 0 Å². The summed E-state index contributed by atoms with van der Waals surface area (Å²) in [5.41, 5.74) is 1.98. The van der Waals surface area contributed by atoms with Gasteiger partial charge in [-0.1, -0.05) is 30.3 Å². The number of carbonyl (C=O) groups is 2. The van der Waals surface area contributed by atoms with E-state index in [0.717, 1.165) is 11.1 Å². The van der Waals surface area contributed by atoms with Crippen molar-refractivity contribution >= 4 is 22.9 Å². The van der Waals surface area contributed by atoms with E-state index in [1.807, 2.05) is 37.3 Å². The normalized spacial score (nSPS) is 10.6. The third kappa shape index (κ3) is 3.74. The summed E-state index contributed by atoms with van der Waals surface area (Å²) < 4.78 is 15.8. The fourth-order valence-corrected chi connectivity index (χ4v) is 2.95. The van der Waals surface area contributed by atoms with Crippen LogP contribution < -0.4 is 10.4 Å². The van der Waals surface area contributed by atoms with Gasteiger partial charge in [0.15, 0.2) is 0 Å². The van der Waals surface area contributed by atoms with E-state index in [-0.39, 0.29) is 17.9 Å². The Morgan fingerprint density at radius 1 is 1.00 bits per heavy atom. The molecule has 0 amide bonds. The maximum atomic E-state index is 12.7. The number of aryl methyl sites for hydroxylation is 1. The molecule has 0 aliphatic rings. The van der Waals surface area contributed by atoms with Crippen LogP contribution in [0.4, 0.5) is 0 Å². The molecule has 0 radical (unpaired) electrons. The van der Waals surface area contributed by atoms with Crippen LogP contribution in [0.15, 0.2) is 51.7 Å². The Balaban J connectivity index is 2.27. The van der Waals surface area contributed by atoms with Crippen molar-refractivity contribution in [1.29, 1.82) is 0 Å². The second-order valence-corrected chi connectivity index (χ2v) is 6.05. The van der Waals surface area contributed by atoms with Crippen LogP contribution in [0.25, 0.3) is 22.1 Å². The molecule has 0 saturated carbocycles. The van der Waals surface area contributed by atoms with E-state index >= 15 is 0 Å². The smallest absolute Gasteiger partial charge is 0.344 e. The summed E-state index contributed by atoms with van der Waals surface area (Å²) in [5, 5.41) is 0.673. The minimum absolute atomic E-state index is 0.178. The Kier molecular flexibility index (Phi) is 5.07. The zero-order valence-electron chi connectivity index (χ0n) is 15.2. The fraction of sp³-hybridized carbons (Fsp3) is 0.190. The van der Waals surface area contributed by atoms with Crippen LogP contribution in [0.2, 0.25) is 0 Å². The van der Waals surface area contributed by atoms with Gasteiger partial charge in [0.2, 0.25) is 0 Å². The maximum Gasteiger partial charge on any atom is 0.344 e. The lowest BCUT2D eigenvalue weighted by atomic mass is 9.98. The van der Waals surface area contributed by atoms with Gasteiger partial charge in [-0.15, -0.1) is 0 Å². The molecular formula is C21H18O6. The van der Waals surface area contributed by atoms with Crippen LogP contribution in [0, 0.1) is 6.92 Å². The van der Waals surface area contributed by atoms with E-state index in [4.69, 9.17) is 13.9 Å². The van der Waals surface area contributed by atoms with Gasteiger partial charge in [0.05, 0.1) is 11.1 Å². The van der Waals surface area contributed by atoms with Crippen LogP contribution in [-0.4, -0.2) is 11.9 Å². The highest BCUT2D eigenvalue weighted by Gasteiger charge is 2.19. The average Bonchev–Trinajstić information content (AvgIpc) is 2.61. The second kappa shape index (κ2) is 7.45. The highest BCUT2D eigenvalue weighted by atomic mass is 16.5. The molecule has 0 N–H and O–H groups in total. The second-order valence-electron chi connectivity index (χ2n) is 6.05. The van der Waals surface area contributed by atoms with Crippen LogP contribution >= 0.6 is 0 Å². The number of carbonyl (C=O) groups excluding carboxylic acids is 2. The summed E-state index contributed by atoms with van der Waals surface area (Å²) in [7, 11) is 0. The van der Waals surface area contributed by atoms with Crippen molar-refractivity contribution < 1.29 is 23.5 Å². The predicted molar refractivity (Wildman–Crippen MR) is 99.4 cm³/mol. The van der Waals surface area contributed by atoms with E-state index in [9.17, 15) is 14.4 Å². The molecule has 0 aliphatic carbocycles. The highest BCUT2D eigenvalue weighted by molar-refractivity contribution is 5.90. The summed E-state index contributed by atoms with van der Waals surface area (Å²) in [4.78, 5) is 35.3. The molecule has 0 aliphatic heterocycles. The molecule has 6 nitrogen and oxygen atoms in total. The molecular weight excluding hydrogens is 348 g/mol. The zero-order valence-corrected chi connectivity index (χ0v) is 15.2. The Morgan fingerprint density at radius 2 is 1.70 bits per heavy atom. The Bertz CT molecular complexity index is 1080. The quantitative estimate of drug-likeness (QED) is 0.397. The molecule has 6 heteroatoms. The standard InChI is InChI=1S/C21H18O6/c1-12-16-9-10-18(26-14(3)23)17(11-25-13(2)22)20(16)27-21(24)19(12)15-7-5-4-6-8-15/h4-10H,11H2,1-3H3. The lowest BCUT2D eigenvalue weighted by Gasteiger charge is -2.14. The van der Waals surface area contributed by atoms with Crippen molar-refractivity contribution in [3.8, 4) is 16.9 Å². The van der Waals surface area contributed by atoms with Gasteiger partial charge in [-0.05, 0) is 30.2 Å². The lowest BCUT2D eigenvalue weighted by Crippen LogP contribution is -2.10. The third-order valence-corrected chi connectivity index (χ3v) is 4.13. The largest absolute Gasteiger partial charge is 0.461 e. The van der Waals surface area contributed by atoms with Crippen molar-refractivity contribution in [2.75, 3.05) is 0 Å². The summed E-state index contributed by atoms with van der Waals surface area (Å²) in [6.45, 7) is 4.18. The minimum Gasteiger partial charge on any atom is -0.461 e. The van der Waals surface area contributed by atoms with Crippen molar-refractivity contribution in [2.45, 2.75) is 27.4 Å². The third-order valence-electron chi connectivity index (χ3n) is 4.13. The monoisotopic (exact) mass is 366 g/mol. The number of hydrogen-bond donors (Lipinski definition) is 0. The molecule has 0 fully saturated rings. The van der Waals surface area contributed by atoms with Gasteiger partial charge in [-0.25, -0.2) is 4.79 Å². The van der Waals surface area contributed by atoms with Gasteiger partial charge in [-0.3, -0.25) is 9.59 Å². The molecule has 3 aromatic rings. The summed E-state index contributed by atoms with van der Waals surface area (Å²) >= 11 is 0. The van der Waals surface area contributed by atoms with E-state index < -0.39 is 17.6 Å². The number of rotatable bonds is 4. The van der Waals surface area contributed by atoms with Gasteiger partial charge in [0, 0.05) is 19.2 Å². The topological polar surface area (TPSA) is 82.8 Å². The predicted octanol–water partition coefficient (Wildman–Crippen LogP) is 3.76. The van der Waals surface area contributed by atoms with E-state index in [1.165, 1.54) is 13.8 Å². The summed E-state index contributed by atoms with van der Waals surface area (Å²) in [6, 6.07) is 12.5. The number of ether oxygens (including phenoxy) is 2. The Morgan fingerprint density at radius 3 is 2.33 bits per heavy atom. The molecule has 1 heterocycles. The summed E-state index contributed by atoms with van der Waals surface area (Å²) in [5.74, 6) is -0.842. The molecule has 27 heavy (non-hydrogen) atoms. The van der Waals surface area contributed by atoms with Crippen LogP contribution in [0.5, 0.6) is 5.75 Å². The van der Waals surface area contributed by atoms with Crippen LogP contribution in [0.1, 0.15) is 25.0 Å². The first kappa shape index (κ1) is 18.4. The molecule has 3 rings (SSSR count). The number of fused-ring (bicyclic) bond motifs is 1. The lowest BCUT2D eigenvalue weighted by molar-refractivity contribution is -0.142. The average molecular weight is 366 g/mol. The molecule has 138 valence electrons. The van der Waals surface area contributed by atoms with Gasteiger partial charge >= 0.3 is 17.6 Å². The van der Waals surface area contributed by atoms with Crippen molar-refractivity contribution in [3.63, 3.8) is 0 Å².